The maximum Gasteiger partial charge on any atom is 0.438 e. The molecular weight excluding hydrogens is 1170 g/mol. The Hall–Kier alpha value is -5.73. The Bertz CT molecular complexity index is 2900. The average molecular weight is 1260 g/mol. The molecule has 1 atom stereocenters. The van der Waals surface area contributed by atoms with E-state index < -0.39 is 5.76 Å². The second kappa shape index (κ2) is 35.0. The molecular formula is C54H89N13O13S4. The maximum absolute atomic E-state index is 11.1. The normalized spacial score (nSPS) is 13.6. The number of aromatic nitrogens is 12. The van der Waals surface area contributed by atoms with Crippen molar-refractivity contribution in [3.8, 4) is 5.75 Å². The number of thioether (sulfide) groups is 2. The highest BCUT2D eigenvalue weighted by Gasteiger charge is 2.32. The van der Waals surface area contributed by atoms with E-state index in [-0.39, 0.29) is 83.2 Å². The molecule has 6 aromatic rings. The first-order valence-electron chi connectivity index (χ1n) is 26.4. The summed E-state index contributed by atoms with van der Waals surface area (Å²) >= 11 is 8.42. The van der Waals surface area contributed by atoms with Gasteiger partial charge in [0.2, 0.25) is 5.91 Å². The Morgan fingerprint density at radius 3 is 1.63 bits per heavy atom. The van der Waals surface area contributed by atoms with Gasteiger partial charge in [0.1, 0.15) is 43.3 Å². The fraction of sp³-hybridized carbons (Fsp3) is 0.648. The van der Waals surface area contributed by atoms with E-state index in [1.165, 1.54) is 6.20 Å². The molecule has 2 amide bonds. The first kappa shape index (κ1) is 76.3. The third-order valence-electron chi connectivity index (χ3n) is 8.97. The van der Waals surface area contributed by atoms with Crippen LogP contribution in [-0.4, -0.2) is 121 Å². The van der Waals surface area contributed by atoms with Crippen molar-refractivity contribution in [3.63, 3.8) is 0 Å². The van der Waals surface area contributed by atoms with Gasteiger partial charge in [0, 0.05) is 44.9 Å². The largest absolute Gasteiger partial charge is 0.508 e. The van der Waals surface area contributed by atoms with E-state index in [4.69, 9.17) is 28.2 Å². The third-order valence-corrected chi connectivity index (χ3v) is 12.0. The third kappa shape index (κ3) is 40.5. The number of hydrogen-bond donors (Lipinski definition) is 7. The minimum absolute atomic E-state index is 0.0118. The van der Waals surface area contributed by atoms with Crippen LogP contribution in [-0.2, 0) is 66.1 Å². The number of nitrogens with zero attached hydrogens (tertiary/aromatic N) is 7. The number of hydrogen-bond acceptors (Lipinski definition) is 24. The topological polar surface area (TPSA) is 359 Å². The first-order chi connectivity index (χ1) is 38.4. The summed E-state index contributed by atoms with van der Waals surface area (Å²) < 4.78 is 40.1. The van der Waals surface area contributed by atoms with Gasteiger partial charge in [0.05, 0.1) is 34.6 Å². The number of benzene rings is 1. The van der Waals surface area contributed by atoms with Gasteiger partial charge in [-0.15, -0.1) is 10.2 Å². The van der Waals surface area contributed by atoms with Gasteiger partial charge in [-0.25, -0.2) is 19.7 Å². The van der Waals surface area contributed by atoms with Crippen LogP contribution in [0.3, 0.4) is 0 Å². The second-order valence-electron chi connectivity index (χ2n) is 24.9. The SMILES string of the molecule is CC(C)(C)OCC1SC(=O)NC1=O.CC(C)(C)OCc1nc(=S)o[nH]1.CC(C)(C)OCc1nn[nH]n1.CC(C)(C)OCc1noc(=O)[nH]1.CC(C)(C)OCc1nsc(=O)[nH]1.CC(C)(C)SCc1ccccc1O.CC(C)(C)c1ccnc(=O)[nH]1. The van der Waals surface area contributed by atoms with Crippen LogP contribution < -0.4 is 21.6 Å². The standard InChI is InChI=1S/C11H16OS.C8H12N2O.C8H13NO3S.C7H12N2O3.2C7H12N2O2S.C6H12N4O/c1-11(2,3)13-8-9-6-4-5-7-10(9)12;1-8(2,3)6-4-5-9-7(11)10-6;1-8(2,3)12-4-5-6(10)9-7(11)13-5;2*1-7(2,3)11-4-5-8-6(10)12-9-5;1-7(2,3)10-4-5-8-6(12)11-9-5;1-6(2,3)11-4-5-7-9-10-8-5/h4-7,12H,8H2,1-3H3;4-5H,1-3H3,(H,9,10,11);5H,4H2,1-3H3,(H,9,10,11);2*4H2,1-3H3,(H,8,9,10);4H2,1-3H3,(H,8,9,12);4H2,1-3H3,(H,7,8,9,10). The molecule has 30 heteroatoms. The van der Waals surface area contributed by atoms with Crippen molar-refractivity contribution in [1.82, 2.24) is 65.5 Å². The Balaban J connectivity index is 0.000000490. The lowest BCUT2D eigenvalue weighted by atomic mass is 9.92. The summed E-state index contributed by atoms with van der Waals surface area (Å²) in [5.74, 6) is 2.68. The minimum Gasteiger partial charge on any atom is -0.508 e. The van der Waals surface area contributed by atoms with E-state index >= 15 is 0 Å². The van der Waals surface area contributed by atoms with E-state index in [0.29, 0.717) is 48.9 Å². The molecule has 472 valence electrons. The van der Waals surface area contributed by atoms with Gasteiger partial charge in [-0.2, -0.15) is 26.3 Å². The summed E-state index contributed by atoms with van der Waals surface area (Å²) in [4.78, 5) is 68.9. The second-order valence-corrected chi connectivity index (χ2v) is 29.0. The van der Waals surface area contributed by atoms with Crippen molar-refractivity contribution in [2.24, 2.45) is 0 Å². The van der Waals surface area contributed by atoms with Crippen LogP contribution in [0.25, 0.3) is 0 Å². The zero-order chi connectivity index (χ0) is 64.3. The molecule has 26 nitrogen and oxygen atoms in total. The molecule has 1 aliphatic heterocycles. The minimum atomic E-state index is -0.553. The molecule has 7 rings (SSSR count). The molecule has 1 saturated heterocycles. The van der Waals surface area contributed by atoms with Crippen LogP contribution in [0.4, 0.5) is 4.79 Å². The number of phenols is 1. The quantitative estimate of drug-likeness (QED) is 0.0560. The molecule has 7 N–H and O–H groups in total. The first-order valence-corrected chi connectivity index (χ1v) is 29.5. The van der Waals surface area contributed by atoms with Crippen LogP contribution in [0.2, 0.25) is 0 Å². The Kier molecular flexibility index (Phi) is 31.8. The number of para-hydroxylation sites is 1. The van der Waals surface area contributed by atoms with Crippen molar-refractivity contribution in [3.05, 3.63) is 107 Å². The fourth-order valence-electron chi connectivity index (χ4n) is 4.91. The number of phenolic OH excluding ortho intramolecular Hbond substituents is 1. The van der Waals surface area contributed by atoms with E-state index in [9.17, 15) is 29.1 Å². The summed E-state index contributed by atoms with van der Waals surface area (Å²) in [6.45, 7) is 43.6. The number of aromatic hydroxyl groups is 1. The van der Waals surface area contributed by atoms with Gasteiger partial charge in [-0.1, -0.05) is 70.1 Å². The molecule has 1 aromatic carbocycles. The van der Waals surface area contributed by atoms with Crippen LogP contribution in [0, 0.1) is 4.84 Å². The summed E-state index contributed by atoms with van der Waals surface area (Å²) in [5.41, 5.74) is 0.609. The van der Waals surface area contributed by atoms with Crippen molar-refractivity contribution in [2.75, 3.05) is 6.61 Å². The van der Waals surface area contributed by atoms with Crippen LogP contribution >= 0.6 is 47.3 Å². The van der Waals surface area contributed by atoms with Gasteiger partial charge >= 0.3 is 21.2 Å². The Morgan fingerprint density at radius 2 is 1.23 bits per heavy atom. The Morgan fingerprint density at radius 1 is 0.679 bits per heavy atom. The van der Waals surface area contributed by atoms with Crippen molar-refractivity contribution in [1.29, 1.82) is 0 Å². The lowest BCUT2D eigenvalue weighted by Gasteiger charge is -2.20. The lowest BCUT2D eigenvalue weighted by molar-refractivity contribution is -0.120. The van der Waals surface area contributed by atoms with Crippen molar-refractivity contribution in [2.45, 2.75) is 221 Å². The zero-order valence-electron chi connectivity index (χ0n) is 52.4. The number of rotatable bonds is 12. The number of carbonyl (C=O) groups excluding carboxylic acids is 2. The molecule has 0 aliphatic carbocycles. The summed E-state index contributed by atoms with van der Waals surface area (Å²) in [6, 6.07) is 9.33. The molecule has 1 unspecified atom stereocenters. The van der Waals surface area contributed by atoms with E-state index in [0.717, 1.165) is 40.3 Å². The summed E-state index contributed by atoms with van der Waals surface area (Å²) in [6.07, 6.45) is 1.53. The molecule has 0 bridgehead atoms. The average Bonchev–Trinajstić information content (AvgIpc) is 4.31. The summed E-state index contributed by atoms with van der Waals surface area (Å²) in [5, 5.41) is 30.3. The van der Waals surface area contributed by atoms with Gasteiger partial charge in [0.15, 0.2) is 17.5 Å². The number of H-pyrrole nitrogens is 5. The summed E-state index contributed by atoms with van der Waals surface area (Å²) in [7, 11) is 0. The zero-order valence-corrected chi connectivity index (χ0v) is 55.7. The molecule has 1 aliphatic rings. The lowest BCUT2D eigenvalue weighted by Crippen LogP contribution is -2.31. The number of nitrogens with one attached hydrogen (secondary N) is 6. The highest BCUT2D eigenvalue weighted by molar-refractivity contribution is 8.15. The van der Waals surface area contributed by atoms with E-state index in [1.807, 2.05) is 161 Å². The smallest absolute Gasteiger partial charge is 0.438 e. The maximum atomic E-state index is 11.1. The van der Waals surface area contributed by atoms with Crippen LogP contribution in [0.15, 0.2) is 60.0 Å². The van der Waals surface area contributed by atoms with Crippen LogP contribution in [0.1, 0.15) is 180 Å². The number of aromatic amines is 5. The number of tetrazole rings is 1. The number of imide groups is 1. The van der Waals surface area contributed by atoms with Crippen molar-refractivity contribution < 1.29 is 47.4 Å². The van der Waals surface area contributed by atoms with Gasteiger partial charge in [-0.3, -0.25) is 34.2 Å². The number of carbonyl (C=O) groups is 2. The van der Waals surface area contributed by atoms with E-state index in [1.54, 1.807) is 6.07 Å². The van der Waals surface area contributed by atoms with E-state index in [2.05, 4.69) is 103 Å². The van der Waals surface area contributed by atoms with Gasteiger partial charge < -0.3 is 38.3 Å². The Labute approximate surface area is 508 Å². The monoisotopic (exact) mass is 1260 g/mol. The molecule has 0 saturated carbocycles. The molecule has 84 heavy (non-hydrogen) atoms. The predicted octanol–water partition coefficient (Wildman–Crippen LogP) is 10.0. The number of amides is 2. The highest BCUT2D eigenvalue weighted by Crippen LogP contribution is 2.30. The fourth-order valence-corrected chi connectivity index (χ4v) is 7.07. The number of ether oxygens (including phenoxy) is 5. The molecule has 1 fully saturated rings. The molecule has 0 spiro atoms. The van der Waals surface area contributed by atoms with Gasteiger partial charge in [-0.05, 0) is 140 Å². The van der Waals surface area contributed by atoms with Gasteiger partial charge in [0.25, 0.3) is 5.24 Å². The predicted molar refractivity (Wildman–Crippen MR) is 327 cm³/mol. The molecule has 0 radical (unpaired) electrons. The highest BCUT2D eigenvalue weighted by atomic mass is 32.2. The van der Waals surface area contributed by atoms with Crippen LogP contribution in [0.5, 0.6) is 5.75 Å². The van der Waals surface area contributed by atoms with Crippen molar-refractivity contribution >= 4 is 58.4 Å². The molecule has 6 heterocycles. The molecule has 5 aromatic heterocycles.